The zero-order valence-electron chi connectivity index (χ0n) is 8.56. The van der Waals surface area contributed by atoms with E-state index in [1.807, 2.05) is 12.1 Å². The Morgan fingerprint density at radius 2 is 2.40 bits per heavy atom. The topological polar surface area (TPSA) is 40.5 Å². The second kappa shape index (κ2) is 4.24. The van der Waals surface area contributed by atoms with E-state index in [1.165, 1.54) is 17.3 Å². The molecule has 1 aliphatic rings. The van der Waals surface area contributed by atoms with E-state index in [0.29, 0.717) is 0 Å². The zero-order chi connectivity index (χ0) is 10.8. The Morgan fingerprint density at radius 1 is 1.60 bits per heavy atom. The molecule has 1 amide bonds. The fourth-order valence-corrected chi connectivity index (χ4v) is 2.41. The lowest BCUT2D eigenvalue weighted by Crippen LogP contribution is -2.25. The van der Waals surface area contributed by atoms with Gasteiger partial charge >= 0.3 is 0 Å². The van der Waals surface area contributed by atoms with Gasteiger partial charge in [-0.25, -0.2) is 0 Å². The molecule has 0 saturated heterocycles. The molecule has 1 heterocycles. The quantitative estimate of drug-likeness (QED) is 0.612. The third-order valence-corrected chi connectivity index (χ3v) is 3.27. The van der Waals surface area contributed by atoms with Gasteiger partial charge in [-0.2, -0.15) is 0 Å². The maximum Gasteiger partial charge on any atom is 0.223 e. The highest BCUT2D eigenvalue weighted by molar-refractivity contribution is 7.99. The van der Waals surface area contributed by atoms with Gasteiger partial charge in [-0.1, -0.05) is 11.8 Å². The van der Waals surface area contributed by atoms with Crippen LogP contribution in [0.1, 0.15) is 12.5 Å². The van der Waals surface area contributed by atoms with E-state index >= 15 is 0 Å². The first-order chi connectivity index (χ1) is 7.22. The molecule has 0 radical (unpaired) electrons. The minimum atomic E-state index is 0.0925. The van der Waals surface area contributed by atoms with E-state index < -0.39 is 0 Å². The maximum atomic E-state index is 11.3. The van der Waals surface area contributed by atoms with Crippen LogP contribution in [0, 0.1) is 0 Å². The molecule has 0 bridgehead atoms. The average Bonchev–Trinajstić information content (AvgIpc) is 2.61. The molecule has 1 aromatic carbocycles. The predicted octanol–water partition coefficient (Wildman–Crippen LogP) is 1.64. The van der Waals surface area contributed by atoms with Crippen LogP contribution in [0.15, 0.2) is 23.1 Å². The number of benzene rings is 1. The van der Waals surface area contributed by atoms with Crippen molar-refractivity contribution in [2.45, 2.75) is 18.2 Å². The molecular weight excluding hydrogens is 210 g/mol. The Hall–Kier alpha value is -1.00. The summed E-state index contributed by atoms with van der Waals surface area (Å²) in [4.78, 5) is 14.2. The van der Waals surface area contributed by atoms with Gasteiger partial charge in [0.2, 0.25) is 5.91 Å². The van der Waals surface area contributed by atoms with E-state index in [4.69, 9.17) is 5.11 Å². The summed E-state index contributed by atoms with van der Waals surface area (Å²) in [5.41, 5.74) is 2.22. The third-order valence-electron chi connectivity index (χ3n) is 2.56. The first-order valence-electron chi connectivity index (χ1n) is 4.87. The van der Waals surface area contributed by atoms with Crippen LogP contribution in [0.25, 0.3) is 0 Å². The molecule has 0 spiro atoms. The largest absolute Gasteiger partial charge is 0.385 e. The fourth-order valence-electron chi connectivity index (χ4n) is 1.87. The molecule has 0 aromatic heterocycles. The predicted molar refractivity (Wildman–Crippen MR) is 61.1 cm³/mol. The van der Waals surface area contributed by atoms with E-state index in [-0.39, 0.29) is 11.8 Å². The minimum Gasteiger partial charge on any atom is -0.385 e. The molecule has 0 saturated carbocycles. The van der Waals surface area contributed by atoms with Crippen molar-refractivity contribution in [3.8, 4) is 0 Å². The normalized spacial score (nSPS) is 14.1. The molecule has 0 unspecified atom stereocenters. The van der Waals surface area contributed by atoms with E-state index in [2.05, 4.69) is 6.07 Å². The lowest BCUT2D eigenvalue weighted by atomic mass is 10.2. The number of fused-ring (bicyclic) bond motifs is 1. The van der Waals surface area contributed by atoms with E-state index in [1.54, 1.807) is 11.8 Å². The number of rotatable bonds is 2. The molecule has 80 valence electrons. The maximum absolute atomic E-state index is 11.3. The fraction of sp³-hybridized carbons (Fsp3) is 0.364. The first kappa shape index (κ1) is 10.5. The summed E-state index contributed by atoms with van der Waals surface area (Å²) in [7, 11) is 0. The van der Waals surface area contributed by atoms with Crippen molar-refractivity contribution in [3.63, 3.8) is 0 Å². The van der Waals surface area contributed by atoms with E-state index in [9.17, 15) is 4.79 Å². The number of carbonyl (C=O) groups is 1. The number of carbonyl (C=O) groups excluding carboxylic acids is 1. The molecule has 1 aromatic rings. The number of nitrogens with zero attached hydrogens (tertiary/aromatic N) is 1. The van der Waals surface area contributed by atoms with Crippen molar-refractivity contribution >= 4 is 23.4 Å². The number of aliphatic hydroxyl groups excluding tert-OH is 1. The second-order valence-electron chi connectivity index (χ2n) is 3.48. The molecule has 0 fully saturated rings. The zero-order valence-corrected chi connectivity index (χ0v) is 9.38. The van der Waals surface area contributed by atoms with Crippen molar-refractivity contribution in [1.82, 2.24) is 0 Å². The molecule has 0 atom stereocenters. The molecule has 1 aliphatic heterocycles. The highest BCUT2D eigenvalue weighted by atomic mass is 32.2. The van der Waals surface area contributed by atoms with Gasteiger partial charge < -0.3 is 10.0 Å². The van der Waals surface area contributed by atoms with Gasteiger partial charge in [0.15, 0.2) is 0 Å². The summed E-state index contributed by atoms with van der Waals surface area (Å²) in [5.74, 6) is 0.186. The monoisotopic (exact) mass is 223 g/mol. The second-order valence-corrected chi connectivity index (χ2v) is 4.50. The van der Waals surface area contributed by atoms with Gasteiger partial charge in [0.25, 0.3) is 0 Å². The third kappa shape index (κ3) is 2.01. The summed E-state index contributed by atoms with van der Waals surface area (Å²) < 4.78 is 0. The summed E-state index contributed by atoms with van der Waals surface area (Å²) in [6, 6.07) is 5.96. The van der Waals surface area contributed by atoms with Crippen LogP contribution in [-0.4, -0.2) is 23.5 Å². The smallest absolute Gasteiger partial charge is 0.223 e. The van der Waals surface area contributed by atoms with Crippen LogP contribution in [0.2, 0.25) is 0 Å². The van der Waals surface area contributed by atoms with Crippen LogP contribution in [-0.2, 0) is 11.2 Å². The van der Waals surface area contributed by atoms with Crippen LogP contribution in [0.3, 0.4) is 0 Å². The lowest BCUT2D eigenvalue weighted by molar-refractivity contribution is -0.116. The van der Waals surface area contributed by atoms with Gasteiger partial charge in [-0.05, 0) is 30.2 Å². The molecule has 0 aliphatic carbocycles. The molecule has 2 rings (SSSR count). The number of amides is 1. The Labute approximate surface area is 93.1 Å². The average molecular weight is 223 g/mol. The molecule has 3 nitrogen and oxygen atoms in total. The van der Waals surface area contributed by atoms with Crippen molar-refractivity contribution < 1.29 is 9.90 Å². The van der Waals surface area contributed by atoms with Crippen LogP contribution in [0.4, 0.5) is 5.69 Å². The van der Waals surface area contributed by atoms with Gasteiger partial charge in [0.05, 0.1) is 5.94 Å². The SMILES string of the molecule is CC(=O)N1CCc2cc(SCO)ccc21. The summed E-state index contributed by atoms with van der Waals surface area (Å²) in [5, 5.41) is 8.81. The van der Waals surface area contributed by atoms with Crippen LogP contribution < -0.4 is 4.90 Å². The van der Waals surface area contributed by atoms with Crippen molar-refractivity contribution in [2.24, 2.45) is 0 Å². The van der Waals surface area contributed by atoms with Gasteiger partial charge in [-0.15, -0.1) is 0 Å². The standard InChI is InChI=1S/C11H13NO2S/c1-8(14)12-5-4-9-6-10(15-7-13)2-3-11(9)12/h2-3,6,13H,4-5,7H2,1H3. The number of aliphatic hydroxyl groups is 1. The highest BCUT2D eigenvalue weighted by Gasteiger charge is 2.21. The number of anilines is 1. The van der Waals surface area contributed by atoms with Gasteiger partial charge in [-0.3, -0.25) is 4.79 Å². The summed E-state index contributed by atoms with van der Waals surface area (Å²) in [6.45, 7) is 2.36. The Balaban J connectivity index is 2.29. The van der Waals surface area contributed by atoms with Crippen LogP contribution >= 0.6 is 11.8 Å². The van der Waals surface area contributed by atoms with Crippen LogP contribution in [0.5, 0.6) is 0 Å². The Morgan fingerprint density at radius 3 is 3.07 bits per heavy atom. The Bertz CT molecular complexity index is 392. The van der Waals surface area contributed by atoms with Crippen molar-refractivity contribution in [2.75, 3.05) is 17.4 Å². The van der Waals surface area contributed by atoms with Crippen molar-refractivity contribution in [3.05, 3.63) is 23.8 Å². The van der Waals surface area contributed by atoms with Crippen molar-refractivity contribution in [1.29, 1.82) is 0 Å². The minimum absolute atomic E-state index is 0.0925. The Kier molecular flexibility index (Phi) is 2.98. The van der Waals surface area contributed by atoms with E-state index in [0.717, 1.165) is 23.5 Å². The molecule has 4 heteroatoms. The number of hydrogen-bond acceptors (Lipinski definition) is 3. The van der Waals surface area contributed by atoms with Gasteiger partial charge in [0, 0.05) is 24.1 Å². The molecular formula is C11H13NO2S. The highest BCUT2D eigenvalue weighted by Crippen LogP contribution is 2.31. The number of thioether (sulfide) groups is 1. The summed E-state index contributed by atoms with van der Waals surface area (Å²) in [6.07, 6.45) is 0.911. The number of hydrogen-bond donors (Lipinski definition) is 1. The van der Waals surface area contributed by atoms with Gasteiger partial charge in [0.1, 0.15) is 0 Å². The lowest BCUT2D eigenvalue weighted by Gasteiger charge is -2.14. The molecule has 1 N–H and O–H groups in total. The first-order valence-corrected chi connectivity index (χ1v) is 5.85. The summed E-state index contributed by atoms with van der Waals surface area (Å²) >= 11 is 1.40. The molecule has 15 heavy (non-hydrogen) atoms.